The second-order valence-corrected chi connectivity index (χ2v) is 45.2. The quantitative estimate of drug-likeness (QED) is 0.110. The lowest BCUT2D eigenvalue weighted by Crippen LogP contribution is -2.68. The molecule has 11 heteroatoms. The Morgan fingerprint density at radius 2 is 0.563 bits per heavy atom. The van der Waals surface area contributed by atoms with E-state index in [2.05, 4.69) is 394 Å². The summed E-state index contributed by atoms with van der Waals surface area (Å²) in [6, 6.07) is 102. The summed E-state index contributed by atoms with van der Waals surface area (Å²) in [5.74, 6) is 0. The number of fused-ring (bicyclic) bond motifs is 16. The predicted molar refractivity (Wildman–Crippen MR) is 567 cm³/mol. The molecule has 0 aliphatic carbocycles. The monoisotopic (exact) mass is 1730 g/mol. The van der Waals surface area contributed by atoms with Crippen LogP contribution in [0.5, 0.6) is 0 Å². The van der Waals surface area contributed by atoms with E-state index in [4.69, 9.17) is 13.1 Å². The molecule has 638 valence electrons. The fourth-order valence-corrected chi connectivity index (χ4v) is 30.5. The van der Waals surface area contributed by atoms with Crippen molar-refractivity contribution in [3.63, 3.8) is 0 Å². The second-order valence-electron chi connectivity index (χ2n) is 45.2. The molecule has 7 nitrogen and oxygen atoms in total. The fourth-order valence-electron chi connectivity index (χ4n) is 30.5. The van der Waals surface area contributed by atoms with E-state index in [9.17, 15) is 5.26 Å². The van der Waals surface area contributed by atoms with Gasteiger partial charge in [-0.25, -0.2) is 9.69 Å². The summed E-state index contributed by atoms with van der Waals surface area (Å²) in [5.41, 5.74) is 59.8. The van der Waals surface area contributed by atoms with Crippen LogP contribution in [-0.2, 0) is 43.3 Å². The van der Waals surface area contributed by atoms with E-state index in [1.807, 2.05) is 24.3 Å². The molecule has 4 aromatic heterocycles. The van der Waals surface area contributed by atoms with Crippen LogP contribution in [0.4, 0.5) is 11.4 Å². The van der Waals surface area contributed by atoms with Gasteiger partial charge in [-0.2, -0.15) is 5.26 Å². The van der Waals surface area contributed by atoms with E-state index in [-0.39, 0.29) is 63.5 Å². The maximum atomic E-state index is 9.67. The smallest absolute Gasteiger partial charge is 0.248 e. The number of rotatable bonds is 0. The number of hydrogen-bond donors (Lipinski definition) is 0. The fraction of sp³-hybridized carbons (Fsp3) is 0.202. The normalized spacial score (nSPS) is 17.3. The molecule has 0 fully saturated rings. The van der Waals surface area contributed by atoms with Crippen molar-refractivity contribution in [3.05, 3.63) is 390 Å². The first-order valence-electron chi connectivity index (χ1n) is 48.6. The molecule has 0 radical (unpaired) electrons. The van der Waals surface area contributed by atoms with Gasteiger partial charge in [-0.1, -0.05) is 339 Å². The topological polar surface area (TPSA) is 52.2 Å². The molecular formula is C124H95B4N7. The predicted octanol–water partition coefficient (Wildman–Crippen LogP) is 20.8. The SMILES string of the molecule is CC1(C)c2cccc3c2B2c4c1cccc4C(C)(C)c1ccc4c5ccc(C#N)cc5n-3c4c12.Cc1cc2c3c4c1c1ccccc1n4-c1cccc4c1B3c1c(cccc1C2(C)C)C4(C)C.[C-]#[N+]c1ccc2c(c1)c1ccc3c4c1n2-c1cccc2c1B4c1c(cccc1C3(C)C)C2(C)C.[C-]#[N+]c1cccc2c1c1ccc3c4c1n2-c1cccc2c1B4c1c(cccc1C3(C)C)C2(C)C. The van der Waals surface area contributed by atoms with Gasteiger partial charge in [0.1, 0.15) is 0 Å². The van der Waals surface area contributed by atoms with Crippen molar-refractivity contribution < 1.29 is 0 Å². The van der Waals surface area contributed by atoms with Crippen LogP contribution in [0.15, 0.2) is 267 Å². The lowest BCUT2D eigenvalue weighted by atomic mass is 9.26. The molecule has 0 bridgehead atoms. The maximum Gasteiger partial charge on any atom is 0.248 e. The molecule has 0 atom stereocenters. The Labute approximate surface area is 788 Å². The molecule has 0 saturated heterocycles. The van der Waals surface area contributed by atoms with Crippen molar-refractivity contribution in [3.8, 4) is 28.8 Å². The highest BCUT2D eigenvalue weighted by Crippen LogP contribution is 2.54. The molecule has 20 aromatic rings. The van der Waals surface area contributed by atoms with Crippen LogP contribution in [0, 0.1) is 31.4 Å². The van der Waals surface area contributed by atoms with Crippen LogP contribution in [0.2, 0.25) is 0 Å². The maximum absolute atomic E-state index is 9.67. The molecule has 12 aliphatic heterocycles. The number of aromatic nitrogens is 4. The Balaban J connectivity index is 0.0000000875. The number of para-hydroxylation sites is 1. The van der Waals surface area contributed by atoms with Crippen LogP contribution >= 0.6 is 0 Å². The highest BCUT2D eigenvalue weighted by Gasteiger charge is 2.58. The highest BCUT2D eigenvalue weighted by molar-refractivity contribution is 7.02. The zero-order valence-corrected chi connectivity index (χ0v) is 79.3. The molecule has 0 saturated carbocycles. The molecule has 0 amide bonds. The van der Waals surface area contributed by atoms with Gasteiger partial charge in [0.25, 0.3) is 0 Å². The van der Waals surface area contributed by atoms with Crippen molar-refractivity contribution in [1.29, 1.82) is 5.26 Å². The number of benzene rings is 16. The Kier molecular flexibility index (Phi) is 14.3. The first-order valence-corrected chi connectivity index (χ1v) is 48.6. The van der Waals surface area contributed by atoms with Gasteiger partial charge >= 0.3 is 0 Å². The first-order chi connectivity index (χ1) is 64.9. The third-order valence-corrected chi connectivity index (χ3v) is 36.4. The van der Waals surface area contributed by atoms with Gasteiger partial charge in [-0.05, 0) is 217 Å². The van der Waals surface area contributed by atoms with Gasteiger partial charge in [0.15, 0.2) is 11.4 Å². The molecule has 32 rings (SSSR count). The minimum atomic E-state index is -0.0881. The average molecular weight is 1730 g/mol. The lowest BCUT2D eigenvalue weighted by Gasteiger charge is -2.49. The zero-order chi connectivity index (χ0) is 91.9. The minimum Gasteiger partial charge on any atom is -0.312 e. The van der Waals surface area contributed by atoms with Crippen LogP contribution in [-0.4, -0.2) is 45.1 Å². The first kappa shape index (κ1) is 78.0. The molecule has 16 aromatic carbocycles. The van der Waals surface area contributed by atoms with Gasteiger partial charge in [-0.3, -0.25) is 0 Å². The standard InChI is InChI=1S/3C31H23BN2.C31H26BN/c1-30(2)18-9-6-10-19-26(18)32-27-20(30)11-7-14-24(27)34-23-13-8-12-22(33-5)25(23)17-15-16-21(31(19,3)4)28(32)29(17)34;1-30(2)20-8-6-9-21-26(20)32-27-22(30)10-7-11-25(27)34-24-15-12-17(33-5)16-19(24)18-13-14-23(31(21,3)4)28(32)29(18)34;1-30(2)20-7-5-8-21-26(20)32-27-22(30)9-6-10-24(27)34-25-15-17(16-33)11-12-18(25)19-13-14-23(31(21,3)4)28(32)29(19)34;1-17-16-22-28-29-25(17)18-10-6-7-14-23(18)33(29)24-15-9-13-21-27(24)32(28)26-19(30(21,2)3)11-8-12-20(26)31(22,4)5/h2*6-16H,1-4H3;5-15H,1-4H3;6-16H,1-5H3. The minimum absolute atomic E-state index is 0.0228. The van der Waals surface area contributed by atoms with Crippen LogP contribution < -0.4 is 65.6 Å². The largest absolute Gasteiger partial charge is 0.312 e. The van der Waals surface area contributed by atoms with E-state index in [0.717, 1.165) is 22.1 Å². The van der Waals surface area contributed by atoms with E-state index >= 15 is 0 Å². The van der Waals surface area contributed by atoms with E-state index < -0.39 is 0 Å². The molecule has 12 aliphatic rings. The molecular weight excluding hydrogens is 1630 g/mol. The van der Waals surface area contributed by atoms with Gasteiger partial charge in [0.05, 0.1) is 41.3 Å². The Morgan fingerprint density at radius 3 is 0.978 bits per heavy atom. The zero-order valence-electron chi connectivity index (χ0n) is 79.3. The Morgan fingerprint density at radius 1 is 0.244 bits per heavy atom. The molecule has 0 unspecified atom stereocenters. The van der Waals surface area contributed by atoms with Gasteiger partial charge in [0, 0.05) is 126 Å². The van der Waals surface area contributed by atoms with Crippen molar-refractivity contribution in [2.24, 2.45) is 0 Å². The van der Waals surface area contributed by atoms with Gasteiger partial charge < -0.3 is 18.3 Å². The summed E-state index contributed by atoms with van der Waals surface area (Å²) in [4.78, 5) is 7.67. The van der Waals surface area contributed by atoms with Crippen molar-refractivity contribution in [2.75, 3.05) is 0 Å². The van der Waals surface area contributed by atoms with Crippen molar-refractivity contribution >= 4 is 191 Å². The summed E-state index contributed by atoms with van der Waals surface area (Å²) in [6.45, 7) is 57.2. The van der Waals surface area contributed by atoms with E-state index in [1.54, 1.807) is 10.9 Å². The van der Waals surface area contributed by atoms with Crippen molar-refractivity contribution in [1.82, 2.24) is 18.3 Å². The highest BCUT2D eigenvalue weighted by atomic mass is 15.0. The summed E-state index contributed by atoms with van der Waals surface area (Å²) >= 11 is 0. The van der Waals surface area contributed by atoms with Crippen molar-refractivity contribution in [2.45, 2.75) is 161 Å². The molecule has 16 heterocycles. The third-order valence-electron chi connectivity index (χ3n) is 36.4. The van der Waals surface area contributed by atoms with E-state index in [1.165, 1.54) is 243 Å². The van der Waals surface area contributed by atoms with Gasteiger partial charge in [0.2, 0.25) is 26.9 Å². The number of hydrogen-bond acceptors (Lipinski definition) is 1. The second kappa shape index (κ2) is 24.7. The number of nitriles is 1. The van der Waals surface area contributed by atoms with Gasteiger partial charge in [-0.15, -0.1) is 0 Å². The lowest BCUT2D eigenvalue weighted by molar-refractivity contribution is 0.621. The molecule has 0 N–H and O–H groups in total. The average Bonchev–Trinajstić information content (AvgIpc) is 0.863. The van der Waals surface area contributed by atoms with Crippen LogP contribution in [0.25, 0.3) is 120 Å². The summed E-state index contributed by atoms with van der Waals surface area (Å²) < 4.78 is 10.0. The summed E-state index contributed by atoms with van der Waals surface area (Å²) in [6.07, 6.45) is 0. The molecule has 135 heavy (non-hydrogen) atoms. The Bertz CT molecular complexity index is 9180. The van der Waals surface area contributed by atoms with E-state index in [0.29, 0.717) is 18.0 Å². The summed E-state index contributed by atoms with van der Waals surface area (Å²) in [5, 5.41) is 19.7. The number of aryl methyl sites for hydroxylation is 1. The number of nitrogens with zero attached hydrogens (tertiary/aromatic N) is 7. The molecule has 0 spiro atoms. The van der Waals surface area contributed by atoms with Crippen LogP contribution in [0.3, 0.4) is 0 Å². The Hall–Kier alpha value is -14.6. The third kappa shape index (κ3) is 8.77. The van der Waals surface area contributed by atoms with Crippen LogP contribution in [0.1, 0.15) is 211 Å². The summed E-state index contributed by atoms with van der Waals surface area (Å²) in [7, 11) is 0.